The van der Waals surface area contributed by atoms with Crippen LogP contribution in [0.4, 0.5) is 18.9 Å². The summed E-state index contributed by atoms with van der Waals surface area (Å²) in [4.78, 5) is 23.6. The Balaban J connectivity index is 1.81. The highest BCUT2D eigenvalue weighted by Crippen LogP contribution is 2.29. The van der Waals surface area contributed by atoms with E-state index in [0.29, 0.717) is 17.2 Å². The van der Waals surface area contributed by atoms with Crippen LogP contribution in [0.3, 0.4) is 0 Å². The van der Waals surface area contributed by atoms with E-state index in [1.54, 1.807) is 12.1 Å². The van der Waals surface area contributed by atoms with Crippen LogP contribution in [0.5, 0.6) is 0 Å². The SMILES string of the molecule is CC[C@H](C)c1ccc(NC(=O)COC(=O)/C=C/c2ccc(C(F)(F)F)cc2)cc1. The molecule has 2 aromatic rings. The van der Waals surface area contributed by atoms with Crippen molar-refractivity contribution >= 4 is 23.6 Å². The van der Waals surface area contributed by atoms with Crippen LogP contribution >= 0.6 is 0 Å². The fourth-order valence-corrected chi connectivity index (χ4v) is 2.46. The molecule has 0 saturated heterocycles. The van der Waals surface area contributed by atoms with Crippen LogP contribution in [-0.4, -0.2) is 18.5 Å². The van der Waals surface area contributed by atoms with Crippen molar-refractivity contribution in [1.82, 2.24) is 0 Å². The van der Waals surface area contributed by atoms with E-state index in [1.165, 1.54) is 23.8 Å². The Morgan fingerprint density at radius 1 is 1.07 bits per heavy atom. The van der Waals surface area contributed by atoms with Gasteiger partial charge >= 0.3 is 12.1 Å². The van der Waals surface area contributed by atoms with E-state index in [-0.39, 0.29) is 0 Å². The van der Waals surface area contributed by atoms with E-state index < -0.39 is 30.2 Å². The first-order valence-electron chi connectivity index (χ1n) is 9.11. The number of ether oxygens (including phenoxy) is 1. The minimum atomic E-state index is -4.41. The number of alkyl halides is 3. The Bertz CT molecular complexity index is 856. The molecule has 29 heavy (non-hydrogen) atoms. The van der Waals surface area contributed by atoms with Gasteiger partial charge in [0.15, 0.2) is 6.61 Å². The lowest BCUT2D eigenvalue weighted by Gasteiger charge is -2.10. The maximum absolute atomic E-state index is 12.5. The molecule has 2 rings (SSSR count). The third kappa shape index (κ3) is 7.10. The molecule has 1 N–H and O–H groups in total. The normalized spacial score (nSPS) is 12.6. The van der Waals surface area contributed by atoms with Gasteiger partial charge in [-0.15, -0.1) is 0 Å². The van der Waals surface area contributed by atoms with Gasteiger partial charge < -0.3 is 10.1 Å². The third-order valence-electron chi connectivity index (χ3n) is 4.37. The summed E-state index contributed by atoms with van der Waals surface area (Å²) in [6.45, 7) is 3.75. The van der Waals surface area contributed by atoms with Crippen LogP contribution in [0.25, 0.3) is 6.08 Å². The molecule has 0 radical (unpaired) electrons. The van der Waals surface area contributed by atoms with Gasteiger partial charge in [-0.25, -0.2) is 4.79 Å². The average Bonchev–Trinajstić information content (AvgIpc) is 2.70. The van der Waals surface area contributed by atoms with Crippen LogP contribution in [0.15, 0.2) is 54.6 Å². The topological polar surface area (TPSA) is 55.4 Å². The Morgan fingerprint density at radius 3 is 2.24 bits per heavy atom. The molecule has 2 aromatic carbocycles. The van der Waals surface area contributed by atoms with Gasteiger partial charge in [0.25, 0.3) is 5.91 Å². The van der Waals surface area contributed by atoms with E-state index in [9.17, 15) is 22.8 Å². The standard InChI is InChI=1S/C22H22F3NO3/c1-3-15(2)17-7-11-19(12-8-17)26-20(27)14-29-21(28)13-6-16-4-9-18(10-5-16)22(23,24)25/h4-13,15H,3,14H2,1-2H3,(H,26,27)/b13-6+/t15-/m0/s1. The second-order valence-corrected chi connectivity index (χ2v) is 6.54. The van der Waals surface area contributed by atoms with Crippen LogP contribution in [0.1, 0.15) is 42.9 Å². The van der Waals surface area contributed by atoms with Crippen molar-refractivity contribution in [3.63, 3.8) is 0 Å². The van der Waals surface area contributed by atoms with E-state index in [4.69, 9.17) is 4.74 Å². The molecular formula is C22H22F3NO3. The van der Waals surface area contributed by atoms with Gasteiger partial charge in [-0.2, -0.15) is 13.2 Å². The number of amides is 1. The summed E-state index contributed by atoms with van der Waals surface area (Å²) < 4.78 is 42.4. The minimum absolute atomic E-state index is 0.404. The fraction of sp³-hybridized carbons (Fsp3) is 0.273. The molecule has 0 saturated carbocycles. The fourth-order valence-electron chi connectivity index (χ4n) is 2.46. The van der Waals surface area contributed by atoms with Crippen molar-refractivity contribution < 1.29 is 27.5 Å². The molecule has 1 atom stereocenters. The summed E-state index contributed by atoms with van der Waals surface area (Å²) in [5, 5.41) is 2.63. The van der Waals surface area contributed by atoms with E-state index in [1.807, 2.05) is 12.1 Å². The van der Waals surface area contributed by atoms with Gasteiger partial charge in [-0.3, -0.25) is 4.79 Å². The van der Waals surface area contributed by atoms with Gasteiger partial charge in [0, 0.05) is 11.8 Å². The number of anilines is 1. The van der Waals surface area contributed by atoms with Gasteiger partial charge in [-0.1, -0.05) is 38.1 Å². The van der Waals surface area contributed by atoms with Crippen molar-refractivity contribution in [2.24, 2.45) is 0 Å². The first-order chi connectivity index (χ1) is 13.7. The number of esters is 1. The first kappa shape index (κ1) is 22.2. The molecule has 0 fully saturated rings. The molecular weight excluding hydrogens is 383 g/mol. The van der Waals surface area contributed by atoms with Crippen LogP contribution in [-0.2, 0) is 20.5 Å². The Morgan fingerprint density at radius 2 is 1.69 bits per heavy atom. The summed E-state index contributed by atoms with van der Waals surface area (Å²) in [6.07, 6.45) is -1.03. The molecule has 4 nitrogen and oxygen atoms in total. The maximum Gasteiger partial charge on any atom is 0.416 e. The molecule has 0 aliphatic rings. The molecule has 0 aromatic heterocycles. The van der Waals surface area contributed by atoms with E-state index in [2.05, 4.69) is 19.2 Å². The number of rotatable bonds is 7. The van der Waals surface area contributed by atoms with Gasteiger partial charge in [0.2, 0.25) is 0 Å². The van der Waals surface area contributed by atoms with Crippen LogP contribution in [0, 0.1) is 0 Å². The zero-order valence-corrected chi connectivity index (χ0v) is 16.1. The number of nitrogens with one attached hydrogen (secondary N) is 1. The molecule has 1 amide bonds. The largest absolute Gasteiger partial charge is 0.452 e. The predicted octanol–water partition coefficient (Wildman–Crippen LogP) is 5.41. The van der Waals surface area contributed by atoms with Crippen molar-refractivity contribution in [2.75, 3.05) is 11.9 Å². The van der Waals surface area contributed by atoms with E-state index in [0.717, 1.165) is 24.6 Å². The van der Waals surface area contributed by atoms with Crippen molar-refractivity contribution in [1.29, 1.82) is 0 Å². The van der Waals surface area contributed by atoms with E-state index >= 15 is 0 Å². The summed E-state index contributed by atoms with van der Waals surface area (Å²) in [5.74, 6) is -0.832. The molecule has 0 aliphatic carbocycles. The molecule has 0 spiro atoms. The van der Waals surface area contributed by atoms with Crippen LogP contribution < -0.4 is 5.32 Å². The lowest BCUT2D eigenvalue weighted by Crippen LogP contribution is -2.20. The summed E-state index contributed by atoms with van der Waals surface area (Å²) >= 11 is 0. The maximum atomic E-state index is 12.5. The molecule has 0 bridgehead atoms. The van der Waals surface area contributed by atoms with Crippen molar-refractivity contribution in [3.8, 4) is 0 Å². The molecule has 0 unspecified atom stereocenters. The smallest absolute Gasteiger partial charge is 0.416 e. The lowest BCUT2D eigenvalue weighted by atomic mass is 9.99. The van der Waals surface area contributed by atoms with Crippen LogP contribution in [0.2, 0.25) is 0 Å². The molecule has 154 valence electrons. The second-order valence-electron chi connectivity index (χ2n) is 6.54. The highest BCUT2D eigenvalue weighted by Gasteiger charge is 2.29. The summed E-state index contributed by atoms with van der Waals surface area (Å²) in [5.41, 5.74) is 1.40. The number of halogens is 3. The van der Waals surface area contributed by atoms with Gasteiger partial charge in [0.05, 0.1) is 5.56 Å². The predicted molar refractivity (Wildman–Crippen MR) is 105 cm³/mol. The minimum Gasteiger partial charge on any atom is -0.452 e. The van der Waals surface area contributed by atoms with Gasteiger partial charge in [0.1, 0.15) is 0 Å². The molecule has 7 heteroatoms. The number of carbonyl (C=O) groups is 2. The molecule has 0 aliphatic heterocycles. The highest BCUT2D eigenvalue weighted by molar-refractivity contribution is 5.94. The quantitative estimate of drug-likeness (QED) is 0.495. The lowest BCUT2D eigenvalue weighted by molar-refractivity contribution is -0.142. The Hall–Kier alpha value is -3.09. The zero-order valence-electron chi connectivity index (χ0n) is 16.1. The van der Waals surface area contributed by atoms with Crippen molar-refractivity contribution in [2.45, 2.75) is 32.4 Å². The average molecular weight is 405 g/mol. The monoisotopic (exact) mass is 405 g/mol. The number of hydrogen-bond acceptors (Lipinski definition) is 3. The number of benzene rings is 2. The summed E-state index contributed by atoms with van der Waals surface area (Å²) in [6, 6.07) is 11.8. The second kappa shape index (κ2) is 9.91. The Kier molecular flexibility index (Phi) is 7.59. The Labute approximate surface area is 167 Å². The summed E-state index contributed by atoms with van der Waals surface area (Å²) in [7, 11) is 0. The number of hydrogen-bond donors (Lipinski definition) is 1. The highest BCUT2D eigenvalue weighted by atomic mass is 19.4. The number of carbonyl (C=O) groups excluding carboxylic acids is 2. The third-order valence-corrected chi connectivity index (χ3v) is 4.37. The van der Waals surface area contributed by atoms with Gasteiger partial charge in [-0.05, 0) is 53.8 Å². The first-order valence-corrected chi connectivity index (χ1v) is 9.11. The molecule has 0 heterocycles. The van der Waals surface area contributed by atoms with Crippen molar-refractivity contribution in [3.05, 3.63) is 71.3 Å². The zero-order chi connectivity index (χ0) is 21.4.